The molecule has 0 unspecified atom stereocenters. The van der Waals surface area contributed by atoms with E-state index < -0.39 is 16.7 Å². The number of benzene rings is 2. The van der Waals surface area contributed by atoms with Gasteiger partial charge in [0.25, 0.3) is 17.5 Å². The second-order valence-electron chi connectivity index (χ2n) is 5.94. The molecule has 1 aromatic heterocycles. The molecular formula is C21H16N4O4S. The third-order valence-electron chi connectivity index (χ3n) is 3.82. The van der Waals surface area contributed by atoms with Crippen molar-refractivity contribution >= 4 is 41.1 Å². The molecule has 0 atom stereocenters. The Kier molecular flexibility index (Phi) is 6.80. The predicted octanol–water partition coefficient (Wildman–Crippen LogP) is 3.58. The van der Waals surface area contributed by atoms with E-state index in [2.05, 4.69) is 15.8 Å². The van der Waals surface area contributed by atoms with E-state index in [9.17, 15) is 19.7 Å². The zero-order valence-corrected chi connectivity index (χ0v) is 16.3. The molecule has 2 N–H and O–H groups in total. The van der Waals surface area contributed by atoms with Gasteiger partial charge >= 0.3 is 0 Å². The fraction of sp³-hybridized carbons (Fsp3) is 0. The monoisotopic (exact) mass is 420 g/mol. The third-order valence-corrected chi connectivity index (χ3v) is 4.64. The largest absolute Gasteiger partial charge is 0.317 e. The van der Waals surface area contributed by atoms with E-state index in [4.69, 9.17) is 0 Å². The summed E-state index contributed by atoms with van der Waals surface area (Å²) in [6.45, 7) is 0. The first-order valence-electron chi connectivity index (χ1n) is 8.72. The van der Waals surface area contributed by atoms with Gasteiger partial charge in [-0.05, 0) is 29.7 Å². The Bertz CT molecular complexity index is 1110. The molecule has 0 saturated carbocycles. The quantitative estimate of drug-likeness (QED) is 0.263. The van der Waals surface area contributed by atoms with Crippen molar-refractivity contribution in [2.75, 3.05) is 0 Å². The number of nitrogens with zero attached hydrogens (tertiary/aromatic N) is 2. The summed E-state index contributed by atoms with van der Waals surface area (Å²) in [6.07, 6.45) is 2.83. The Morgan fingerprint density at radius 1 is 1.03 bits per heavy atom. The molecule has 3 rings (SSSR count). The molecule has 0 aliphatic rings. The summed E-state index contributed by atoms with van der Waals surface area (Å²) in [5.74, 6) is -1.06. The molecule has 3 aromatic rings. The first-order chi connectivity index (χ1) is 14.5. The average Bonchev–Trinajstić information content (AvgIpc) is 3.27. The standard InChI is InChI=1S/C21H16N4O4S/c26-20(16-7-2-1-3-8-16)23-19(13-18-10-5-11-30-18)21(27)24-22-14-15-6-4-9-17(12-15)25(28)29/h1-14H,(H,23,26)(H,24,27). The van der Waals surface area contributed by atoms with Crippen LogP contribution in [0, 0.1) is 10.1 Å². The summed E-state index contributed by atoms with van der Waals surface area (Å²) in [5.41, 5.74) is 3.11. The molecule has 0 aliphatic heterocycles. The second kappa shape index (κ2) is 9.89. The first kappa shape index (κ1) is 20.6. The highest BCUT2D eigenvalue weighted by molar-refractivity contribution is 7.10. The van der Waals surface area contributed by atoms with Crippen LogP contribution in [0.3, 0.4) is 0 Å². The summed E-state index contributed by atoms with van der Waals surface area (Å²) >= 11 is 1.41. The van der Waals surface area contributed by atoms with Crippen molar-refractivity contribution in [3.8, 4) is 0 Å². The summed E-state index contributed by atoms with van der Waals surface area (Å²) in [6, 6.07) is 18.0. The Balaban J connectivity index is 1.74. The van der Waals surface area contributed by atoms with Crippen molar-refractivity contribution in [3.05, 3.63) is 104 Å². The van der Waals surface area contributed by atoms with E-state index in [-0.39, 0.29) is 11.4 Å². The van der Waals surface area contributed by atoms with E-state index in [1.54, 1.807) is 48.5 Å². The maximum Gasteiger partial charge on any atom is 0.287 e. The van der Waals surface area contributed by atoms with Crippen molar-refractivity contribution in [2.24, 2.45) is 5.10 Å². The Morgan fingerprint density at radius 2 is 1.83 bits per heavy atom. The number of non-ortho nitro benzene ring substituents is 1. The Morgan fingerprint density at radius 3 is 2.53 bits per heavy atom. The second-order valence-corrected chi connectivity index (χ2v) is 6.92. The summed E-state index contributed by atoms with van der Waals surface area (Å²) in [4.78, 5) is 36.1. The van der Waals surface area contributed by atoms with Crippen LogP contribution >= 0.6 is 11.3 Å². The van der Waals surface area contributed by atoms with E-state index in [0.29, 0.717) is 11.1 Å². The number of thiophene rings is 1. The fourth-order valence-electron chi connectivity index (χ4n) is 2.40. The van der Waals surface area contributed by atoms with Gasteiger partial charge in [-0.15, -0.1) is 11.3 Å². The summed E-state index contributed by atoms with van der Waals surface area (Å²) in [7, 11) is 0. The van der Waals surface area contributed by atoms with Crippen molar-refractivity contribution in [1.82, 2.24) is 10.7 Å². The number of carbonyl (C=O) groups excluding carboxylic acids is 2. The number of nitro benzene ring substituents is 1. The highest BCUT2D eigenvalue weighted by Gasteiger charge is 2.14. The molecule has 9 heteroatoms. The maximum absolute atomic E-state index is 12.6. The van der Waals surface area contributed by atoms with Gasteiger partial charge in [-0.1, -0.05) is 36.4 Å². The molecule has 2 amide bonds. The maximum atomic E-state index is 12.6. The lowest BCUT2D eigenvalue weighted by molar-refractivity contribution is -0.384. The highest BCUT2D eigenvalue weighted by atomic mass is 32.1. The molecule has 0 fully saturated rings. The first-order valence-corrected chi connectivity index (χ1v) is 9.60. The van der Waals surface area contributed by atoms with Gasteiger partial charge in [0.2, 0.25) is 0 Å². The molecule has 0 spiro atoms. The molecule has 0 bridgehead atoms. The molecule has 2 aromatic carbocycles. The zero-order valence-electron chi connectivity index (χ0n) is 15.5. The normalized spacial score (nSPS) is 11.3. The number of nitro groups is 1. The SMILES string of the molecule is O=C(NN=Cc1cccc([N+](=O)[O-])c1)C(=Cc1cccs1)NC(=O)c1ccccc1. The summed E-state index contributed by atoms with van der Waals surface area (Å²) < 4.78 is 0. The minimum Gasteiger partial charge on any atom is -0.317 e. The van der Waals surface area contributed by atoms with Crippen LogP contribution < -0.4 is 10.7 Å². The van der Waals surface area contributed by atoms with Crippen molar-refractivity contribution in [1.29, 1.82) is 0 Å². The van der Waals surface area contributed by atoms with E-state index >= 15 is 0 Å². The lowest BCUT2D eigenvalue weighted by atomic mass is 10.2. The van der Waals surface area contributed by atoms with Gasteiger partial charge in [0, 0.05) is 28.1 Å². The van der Waals surface area contributed by atoms with Crippen LogP contribution in [0.15, 0.2) is 82.9 Å². The van der Waals surface area contributed by atoms with E-state index in [1.165, 1.54) is 35.8 Å². The number of hydrazone groups is 1. The van der Waals surface area contributed by atoms with Gasteiger partial charge < -0.3 is 5.32 Å². The fourth-order valence-corrected chi connectivity index (χ4v) is 3.06. The molecule has 0 aliphatic carbocycles. The molecule has 0 radical (unpaired) electrons. The number of carbonyl (C=O) groups is 2. The molecule has 1 heterocycles. The number of hydrogen-bond acceptors (Lipinski definition) is 6. The Labute approximate surface area is 175 Å². The lowest BCUT2D eigenvalue weighted by Crippen LogP contribution is -2.32. The zero-order chi connectivity index (χ0) is 21.3. The number of rotatable bonds is 7. The van der Waals surface area contributed by atoms with Crippen molar-refractivity contribution in [2.45, 2.75) is 0 Å². The van der Waals surface area contributed by atoms with Gasteiger partial charge in [-0.3, -0.25) is 19.7 Å². The van der Waals surface area contributed by atoms with Crippen LogP contribution in [0.25, 0.3) is 6.08 Å². The van der Waals surface area contributed by atoms with Gasteiger partial charge in [-0.2, -0.15) is 5.10 Å². The van der Waals surface area contributed by atoms with E-state index in [1.807, 2.05) is 11.4 Å². The number of amides is 2. The Hall–Kier alpha value is -4.11. The smallest absolute Gasteiger partial charge is 0.287 e. The molecule has 0 saturated heterocycles. The highest BCUT2D eigenvalue weighted by Crippen LogP contribution is 2.14. The number of nitrogens with one attached hydrogen (secondary N) is 2. The predicted molar refractivity (Wildman–Crippen MR) is 115 cm³/mol. The van der Waals surface area contributed by atoms with Gasteiger partial charge in [0.1, 0.15) is 5.70 Å². The topological polar surface area (TPSA) is 114 Å². The van der Waals surface area contributed by atoms with Crippen LogP contribution in [0.4, 0.5) is 5.69 Å². The molecular weight excluding hydrogens is 404 g/mol. The lowest BCUT2D eigenvalue weighted by Gasteiger charge is -2.08. The van der Waals surface area contributed by atoms with Crippen LogP contribution in [-0.2, 0) is 4.79 Å². The van der Waals surface area contributed by atoms with Crippen molar-refractivity contribution in [3.63, 3.8) is 0 Å². The third kappa shape index (κ3) is 5.69. The van der Waals surface area contributed by atoms with Gasteiger partial charge in [0.15, 0.2) is 0 Å². The van der Waals surface area contributed by atoms with Crippen molar-refractivity contribution < 1.29 is 14.5 Å². The average molecular weight is 420 g/mol. The molecule has 30 heavy (non-hydrogen) atoms. The minimum atomic E-state index is -0.630. The van der Waals surface area contributed by atoms with Gasteiger partial charge in [0.05, 0.1) is 11.1 Å². The minimum absolute atomic E-state index is 0.0162. The summed E-state index contributed by atoms with van der Waals surface area (Å²) in [5, 5.41) is 19.1. The molecule has 150 valence electrons. The van der Waals surface area contributed by atoms with Gasteiger partial charge in [-0.25, -0.2) is 5.43 Å². The number of hydrogen-bond donors (Lipinski definition) is 2. The van der Waals surface area contributed by atoms with Crippen LogP contribution in [0.1, 0.15) is 20.8 Å². The molecule has 8 nitrogen and oxygen atoms in total. The van der Waals surface area contributed by atoms with E-state index in [0.717, 1.165) is 4.88 Å². The van der Waals surface area contributed by atoms with Crippen LogP contribution in [0.5, 0.6) is 0 Å². The van der Waals surface area contributed by atoms with Crippen LogP contribution in [-0.4, -0.2) is 23.0 Å². The van der Waals surface area contributed by atoms with Crippen LogP contribution in [0.2, 0.25) is 0 Å².